The first-order valence-electron chi connectivity index (χ1n) is 9.80. The minimum atomic E-state index is -0.0972. The lowest BCUT2D eigenvalue weighted by Gasteiger charge is -2.15. The molecule has 0 unspecified atom stereocenters. The van der Waals surface area contributed by atoms with E-state index in [2.05, 4.69) is 19.2 Å². The summed E-state index contributed by atoms with van der Waals surface area (Å²) in [6.45, 7) is 7.15. The van der Waals surface area contributed by atoms with E-state index in [0.29, 0.717) is 22.4 Å². The Kier molecular flexibility index (Phi) is 5.74. The minimum absolute atomic E-state index is 0.0177. The normalized spacial score (nSPS) is 15.5. The van der Waals surface area contributed by atoms with Gasteiger partial charge in [0.15, 0.2) is 0 Å². The molecule has 0 aliphatic carbocycles. The summed E-state index contributed by atoms with van der Waals surface area (Å²) < 4.78 is 1.81. The molecular formula is C21H29N3O2. The van der Waals surface area contributed by atoms with Crippen molar-refractivity contribution in [3.8, 4) is 0 Å². The van der Waals surface area contributed by atoms with E-state index in [1.165, 1.54) is 0 Å². The fourth-order valence-electron chi connectivity index (χ4n) is 3.52. The molecule has 140 valence electrons. The number of nitrogens with zero attached hydrogens (tertiary/aromatic N) is 2. The highest BCUT2D eigenvalue weighted by atomic mass is 16.1. The number of amides is 1. The van der Waals surface area contributed by atoms with Gasteiger partial charge in [0, 0.05) is 24.6 Å². The van der Waals surface area contributed by atoms with Gasteiger partial charge in [-0.2, -0.15) is 0 Å². The van der Waals surface area contributed by atoms with Crippen molar-refractivity contribution in [1.82, 2.24) is 14.9 Å². The lowest BCUT2D eigenvalue weighted by molar-refractivity contribution is 0.0937. The van der Waals surface area contributed by atoms with Crippen molar-refractivity contribution in [1.29, 1.82) is 0 Å². The van der Waals surface area contributed by atoms with Crippen molar-refractivity contribution in [2.24, 2.45) is 5.92 Å². The molecule has 0 fully saturated rings. The maximum Gasteiger partial charge on any atom is 0.261 e. The van der Waals surface area contributed by atoms with Crippen LogP contribution in [0, 0.1) is 5.92 Å². The summed E-state index contributed by atoms with van der Waals surface area (Å²) >= 11 is 0. The standard InChI is InChI=1S/C21H29N3O2/c1-14(2)8-9-15(3)22-20(25)16-10-11-17-18(13-16)23-19-7-5-4-6-12-24(19)21(17)26/h10-11,13-15H,4-9,12H2,1-3H3,(H,22,25)/t15-/m1/s1. The summed E-state index contributed by atoms with van der Waals surface area (Å²) in [4.78, 5) is 30.0. The molecule has 1 atom stereocenters. The number of carbonyl (C=O) groups excluding carboxylic acids is 1. The second-order valence-corrected chi connectivity index (χ2v) is 7.87. The maximum absolute atomic E-state index is 12.8. The summed E-state index contributed by atoms with van der Waals surface area (Å²) in [6.07, 6.45) is 6.09. The van der Waals surface area contributed by atoms with Gasteiger partial charge >= 0.3 is 0 Å². The van der Waals surface area contributed by atoms with Gasteiger partial charge in [-0.05, 0) is 56.7 Å². The Bertz CT molecular complexity index is 854. The number of hydrogen-bond acceptors (Lipinski definition) is 3. The second kappa shape index (κ2) is 8.02. The average molecular weight is 355 g/mol. The Hall–Kier alpha value is -2.17. The molecule has 0 radical (unpaired) electrons. The van der Waals surface area contributed by atoms with Crippen molar-refractivity contribution >= 4 is 16.8 Å². The van der Waals surface area contributed by atoms with Crippen LogP contribution in [-0.2, 0) is 13.0 Å². The number of aromatic nitrogens is 2. The van der Waals surface area contributed by atoms with Crippen LogP contribution in [0.4, 0.5) is 0 Å². The van der Waals surface area contributed by atoms with Crippen LogP contribution in [-0.4, -0.2) is 21.5 Å². The molecule has 1 aliphatic heterocycles. The highest BCUT2D eigenvalue weighted by Gasteiger charge is 2.16. The Morgan fingerprint density at radius 3 is 2.77 bits per heavy atom. The van der Waals surface area contributed by atoms with E-state index >= 15 is 0 Å². The molecule has 1 N–H and O–H groups in total. The van der Waals surface area contributed by atoms with Crippen LogP contribution in [0.15, 0.2) is 23.0 Å². The van der Waals surface area contributed by atoms with Gasteiger partial charge in [0.1, 0.15) is 5.82 Å². The fourth-order valence-corrected chi connectivity index (χ4v) is 3.52. The van der Waals surface area contributed by atoms with Crippen LogP contribution in [0.1, 0.15) is 69.1 Å². The maximum atomic E-state index is 12.8. The third-order valence-corrected chi connectivity index (χ3v) is 5.13. The molecule has 0 spiro atoms. The first-order valence-corrected chi connectivity index (χ1v) is 9.80. The zero-order chi connectivity index (χ0) is 18.7. The van der Waals surface area contributed by atoms with Crippen LogP contribution in [0.5, 0.6) is 0 Å². The third-order valence-electron chi connectivity index (χ3n) is 5.13. The number of fused-ring (bicyclic) bond motifs is 2. The second-order valence-electron chi connectivity index (χ2n) is 7.87. The van der Waals surface area contributed by atoms with Gasteiger partial charge in [0.25, 0.3) is 11.5 Å². The molecule has 1 aromatic carbocycles. The Balaban J connectivity index is 1.85. The van der Waals surface area contributed by atoms with E-state index in [1.807, 2.05) is 11.5 Å². The molecule has 2 aromatic rings. The first-order chi connectivity index (χ1) is 12.5. The van der Waals surface area contributed by atoms with Crippen LogP contribution in [0.25, 0.3) is 10.9 Å². The monoisotopic (exact) mass is 355 g/mol. The molecule has 1 amide bonds. The minimum Gasteiger partial charge on any atom is -0.350 e. The summed E-state index contributed by atoms with van der Waals surface area (Å²) in [7, 11) is 0. The van der Waals surface area contributed by atoms with E-state index in [1.54, 1.807) is 18.2 Å². The highest BCUT2D eigenvalue weighted by molar-refractivity contribution is 5.97. The Morgan fingerprint density at radius 1 is 1.19 bits per heavy atom. The molecule has 5 nitrogen and oxygen atoms in total. The Labute approximate surface area is 154 Å². The van der Waals surface area contributed by atoms with Crippen molar-refractivity contribution < 1.29 is 4.79 Å². The molecule has 0 saturated carbocycles. The molecule has 2 heterocycles. The summed E-state index contributed by atoms with van der Waals surface area (Å²) in [5, 5.41) is 3.65. The van der Waals surface area contributed by atoms with Crippen molar-refractivity contribution in [3.63, 3.8) is 0 Å². The summed E-state index contributed by atoms with van der Waals surface area (Å²) in [6, 6.07) is 5.37. The number of benzene rings is 1. The SMILES string of the molecule is CC(C)CC[C@@H](C)NC(=O)c1ccc2c(=O)n3c(nc2c1)CCCCC3. The molecule has 1 aromatic heterocycles. The summed E-state index contributed by atoms with van der Waals surface area (Å²) in [5.41, 5.74) is 1.22. The van der Waals surface area contributed by atoms with E-state index in [4.69, 9.17) is 4.98 Å². The number of nitrogens with one attached hydrogen (secondary N) is 1. The average Bonchev–Trinajstić information content (AvgIpc) is 2.85. The van der Waals surface area contributed by atoms with Crippen molar-refractivity contribution in [2.75, 3.05) is 0 Å². The molecule has 26 heavy (non-hydrogen) atoms. The topological polar surface area (TPSA) is 64.0 Å². The quantitative estimate of drug-likeness (QED) is 0.890. The number of hydrogen-bond donors (Lipinski definition) is 1. The molecule has 3 rings (SSSR count). The molecule has 5 heteroatoms. The molecular weight excluding hydrogens is 326 g/mol. The first kappa shape index (κ1) is 18.6. The smallest absolute Gasteiger partial charge is 0.261 e. The highest BCUT2D eigenvalue weighted by Crippen LogP contribution is 2.16. The lowest BCUT2D eigenvalue weighted by Crippen LogP contribution is -2.32. The molecule has 0 bridgehead atoms. The number of rotatable bonds is 5. The van der Waals surface area contributed by atoms with Gasteiger partial charge in [0.2, 0.25) is 0 Å². The fraction of sp³-hybridized carbons (Fsp3) is 0.571. The third kappa shape index (κ3) is 4.14. The molecule has 0 saturated heterocycles. The van der Waals surface area contributed by atoms with Crippen LogP contribution < -0.4 is 10.9 Å². The zero-order valence-corrected chi connectivity index (χ0v) is 16.0. The van der Waals surface area contributed by atoms with Crippen molar-refractivity contribution in [2.45, 2.75) is 71.9 Å². The van der Waals surface area contributed by atoms with Gasteiger partial charge in [-0.3, -0.25) is 14.2 Å². The Morgan fingerprint density at radius 2 is 2.00 bits per heavy atom. The van der Waals surface area contributed by atoms with Gasteiger partial charge in [-0.15, -0.1) is 0 Å². The number of carbonyl (C=O) groups is 1. The van der Waals surface area contributed by atoms with Crippen LogP contribution >= 0.6 is 0 Å². The largest absolute Gasteiger partial charge is 0.350 e. The van der Waals surface area contributed by atoms with Gasteiger partial charge in [-0.25, -0.2) is 4.98 Å². The number of aryl methyl sites for hydroxylation is 1. The van der Waals surface area contributed by atoms with Crippen LogP contribution in [0.3, 0.4) is 0 Å². The zero-order valence-electron chi connectivity index (χ0n) is 16.0. The van der Waals surface area contributed by atoms with E-state index in [9.17, 15) is 9.59 Å². The lowest BCUT2D eigenvalue weighted by atomic mass is 10.0. The predicted molar refractivity (Wildman–Crippen MR) is 105 cm³/mol. The van der Waals surface area contributed by atoms with Crippen molar-refractivity contribution in [3.05, 3.63) is 39.9 Å². The van der Waals surface area contributed by atoms with Gasteiger partial charge in [0.05, 0.1) is 10.9 Å². The van der Waals surface area contributed by atoms with Crippen LogP contribution in [0.2, 0.25) is 0 Å². The molecule has 1 aliphatic rings. The van der Waals surface area contributed by atoms with Gasteiger partial charge in [-0.1, -0.05) is 20.3 Å². The van der Waals surface area contributed by atoms with E-state index in [-0.39, 0.29) is 17.5 Å². The predicted octanol–water partition coefficient (Wildman–Crippen LogP) is 3.68. The van der Waals surface area contributed by atoms with E-state index < -0.39 is 0 Å². The summed E-state index contributed by atoms with van der Waals surface area (Å²) in [5.74, 6) is 1.38. The van der Waals surface area contributed by atoms with Gasteiger partial charge < -0.3 is 5.32 Å². The van der Waals surface area contributed by atoms with E-state index in [0.717, 1.165) is 50.9 Å².